The molecule has 4 aromatic carbocycles. The molecule has 0 aliphatic heterocycles. The molecule has 0 saturated heterocycles. The number of hydrogen-bond donors (Lipinski definition) is 0. The number of hydrogen-bond acceptors (Lipinski definition) is 6. The third kappa shape index (κ3) is 9.01. The molecule has 0 aliphatic carbocycles. The maximum Gasteiger partial charge on any atom is 0.384 e. The van der Waals surface area contributed by atoms with Crippen molar-refractivity contribution < 1.29 is 18.1 Å². The number of nitrogens with zero attached hydrogens (tertiary/aromatic N) is 2. The molecule has 4 aromatic rings. The molecular weight excluding hydrogens is 514 g/mol. The van der Waals surface area contributed by atoms with Crippen molar-refractivity contribution in [3.8, 4) is 23.0 Å². The average molecular weight is 549 g/mol. The molecule has 0 bridgehead atoms. The fourth-order valence-corrected chi connectivity index (χ4v) is 6.11. The Balaban J connectivity index is 1.49. The van der Waals surface area contributed by atoms with Crippen LogP contribution < -0.4 is 18.1 Å². The molecule has 4 rings (SSSR count). The van der Waals surface area contributed by atoms with E-state index in [1.165, 1.54) is 0 Å². The molecule has 0 spiro atoms. The summed E-state index contributed by atoms with van der Waals surface area (Å²) in [7, 11) is -0.766. The normalized spacial score (nSPS) is 11.2. The smallest absolute Gasteiger partial charge is 0.384 e. The van der Waals surface area contributed by atoms with Crippen LogP contribution in [0.5, 0.6) is 23.0 Å². The van der Waals surface area contributed by atoms with E-state index in [4.69, 9.17) is 18.1 Å². The Morgan fingerprint density at radius 3 is 1.16 bits per heavy atom. The van der Waals surface area contributed by atoms with Gasteiger partial charge in [0.1, 0.15) is 23.0 Å². The second-order valence-corrected chi connectivity index (χ2v) is 11.4. The highest BCUT2D eigenvalue weighted by Gasteiger charge is 2.28. The van der Waals surface area contributed by atoms with Crippen LogP contribution in [0.25, 0.3) is 0 Å². The van der Waals surface area contributed by atoms with Crippen LogP contribution in [-0.4, -0.2) is 36.0 Å². The quantitative estimate of drug-likeness (QED) is 0.139. The van der Waals surface area contributed by atoms with Gasteiger partial charge >= 0.3 is 17.1 Å². The topological polar surface area (TPSA) is 43.4 Å². The number of para-hydroxylation sites is 4. The fourth-order valence-electron chi connectivity index (χ4n) is 3.45. The minimum absolute atomic E-state index is 0.695. The van der Waals surface area contributed by atoms with Crippen LogP contribution in [0.3, 0.4) is 0 Å². The predicted molar refractivity (Wildman–Crippen MR) is 157 cm³/mol. The summed E-state index contributed by atoms with van der Waals surface area (Å²) in [6, 6.07) is 39.3. The van der Waals surface area contributed by atoms with Crippen LogP contribution in [-0.2, 0) is 0 Å². The van der Waals surface area contributed by atoms with Crippen molar-refractivity contribution in [1.82, 2.24) is 9.34 Å². The molecule has 0 heterocycles. The summed E-state index contributed by atoms with van der Waals surface area (Å²) in [5.41, 5.74) is 0. The Labute approximate surface area is 228 Å². The third-order valence-corrected chi connectivity index (χ3v) is 8.47. The van der Waals surface area contributed by atoms with E-state index in [0.717, 1.165) is 36.0 Å². The first-order valence-corrected chi connectivity index (χ1v) is 15.0. The zero-order valence-electron chi connectivity index (χ0n) is 21.8. The van der Waals surface area contributed by atoms with Gasteiger partial charge in [0, 0.05) is 19.6 Å². The van der Waals surface area contributed by atoms with Crippen LogP contribution in [0.4, 0.5) is 0 Å². The molecule has 0 fully saturated rings. The summed E-state index contributed by atoms with van der Waals surface area (Å²) in [6.45, 7) is 4.40. The molecule has 198 valence electrons. The lowest BCUT2D eigenvalue weighted by molar-refractivity contribution is 0.316. The Bertz CT molecular complexity index is 1090. The van der Waals surface area contributed by atoms with E-state index in [0.29, 0.717) is 13.1 Å². The van der Waals surface area contributed by atoms with Gasteiger partial charge in [0.15, 0.2) is 0 Å². The lowest BCUT2D eigenvalue weighted by Crippen LogP contribution is -2.32. The summed E-state index contributed by atoms with van der Waals surface area (Å²) < 4.78 is 29.8. The van der Waals surface area contributed by atoms with E-state index in [-0.39, 0.29) is 0 Å². The van der Waals surface area contributed by atoms with Crippen LogP contribution in [0.15, 0.2) is 121 Å². The van der Waals surface area contributed by atoms with Crippen molar-refractivity contribution in [3.05, 3.63) is 121 Å². The van der Waals surface area contributed by atoms with Crippen molar-refractivity contribution in [1.29, 1.82) is 0 Å². The van der Waals surface area contributed by atoms with Crippen LogP contribution in [0.1, 0.15) is 13.3 Å². The second kappa shape index (κ2) is 15.3. The Morgan fingerprint density at radius 1 is 0.474 bits per heavy atom. The zero-order chi connectivity index (χ0) is 26.4. The summed E-state index contributed by atoms with van der Waals surface area (Å²) in [6.07, 6.45) is 0.967. The molecule has 38 heavy (non-hydrogen) atoms. The van der Waals surface area contributed by atoms with Crippen LogP contribution in [0, 0.1) is 0 Å². The monoisotopic (exact) mass is 548 g/mol. The standard InChI is InChI=1S/C30H34N2O4P2/c1-3-24-32(38(35-29-20-12-6-13-21-29)36-30-22-14-7-15-23-30)26-25-31(2)37(33-27-16-8-4-9-17-27)34-28-18-10-5-11-19-28/h4-23H,3,24-26H2,1-2H3. The van der Waals surface area contributed by atoms with Gasteiger partial charge in [-0.05, 0) is 62.0 Å². The van der Waals surface area contributed by atoms with Gasteiger partial charge in [0.2, 0.25) is 0 Å². The number of likely N-dealkylation sites (N-methyl/N-ethyl adjacent to an activating group) is 1. The van der Waals surface area contributed by atoms with Crippen molar-refractivity contribution in [3.63, 3.8) is 0 Å². The minimum atomic E-state index is -1.40. The van der Waals surface area contributed by atoms with Gasteiger partial charge in [-0.1, -0.05) is 79.7 Å². The summed E-state index contributed by atoms with van der Waals surface area (Å²) >= 11 is 0. The van der Waals surface area contributed by atoms with E-state index < -0.39 is 17.1 Å². The van der Waals surface area contributed by atoms with Gasteiger partial charge in [-0.15, -0.1) is 0 Å². The second-order valence-electron chi connectivity index (χ2n) is 8.43. The van der Waals surface area contributed by atoms with Gasteiger partial charge in [0.25, 0.3) is 0 Å². The molecule has 0 atom stereocenters. The predicted octanol–water partition coefficient (Wildman–Crippen LogP) is 8.40. The lowest BCUT2D eigenvalue weighted by atomic mass is 10.3. The van der Waals surface area contributed by atoms with Crippen LogP contribution in [0.2, 0.25) is 0 Å². The van der Waals surface area contributed by atoms with Gasteiger partial charge in [-0.3, -0.25) is 0 Å². The van der Waals surface area contributed by atoms with Crippen molar-refractivity contribution in [2.24, 2.45) is 0 Å². The molecule has 0 saturated carbocycles. The molecule has 0 radical (unpaired) electrons. The molecule has 6 nitrogen and oxygen atoms in total. The number of rotatable bonds is 15. The first kappa shape index (κ1) is 27.9. The molecule has 0 amide bonds. The highest BCUT2D eigenvalue weighted by molar-refractivity contribution is 7.45. The van der Waals surface area contributed by atoms with Crippen LogP contribution >= 0.6 is 17.1 Å². The van der Waals surface area contributed by atoms with Gasteiger partial charge in [-0.25, -0.2) is 9.34 Å². The maximum atomic E-state index is 6.41. The Hall–Kier alpha value is -3.14. The molecular formula is C30H34N2O4P2. The van der Waals surface area contributed by atoms with Crippen molar-refractivity contribution in [2.75, 3.05) is 26.7 Å². The van der Waals surface area contributed by atoms with Crippen molar-refractivity contribution >= 4 is 17.1 Å². The van der Waals surface area contributed by atoms with Gasteiger partial charge in [-0.2, -0.15) is 0 Å². The molecule has 0 unspecified atom stereocenters. The maximum absolute atomic E-state index is 6.41. The first-order chi connectivity index (χ1) is 18.7. The molecule has 0 aliphatic rings. The average Bonchev–Trinajstić information content (AvgIpc) is 2.96. The molecule has 0 N–H and O–H groups in total. The zero-order valence-corrected chi connectivity index (χ0v) is 23.6. The summed E-state index contributed by atoms with van der Waals surface area (Å²) in [5, 5.41) is 0. The molecule has 0 aromatic heterocycles. The highest BCUT2D eigenvalue weighted by Crippen LogP contribution is 2.46. The van der Waals surface area contributed by atoms with E-state index >= 15 is 0 Å². The highest BCUT2D eigenvalue weighted by atomic mass is 31.2. The van der Waals surface area contributed by atoms with E-state index in [1.54, 1.807) is 0 Å². The van der Waals surface area contributed by atoms with E-state index in [1.807, 2.05) is 128 Å². The SMILES string of the molecule is CCCN(CCN(C)P(Oc1ccccc1)Oc1ccccc1)P(Oc1ccccc1)Oc1ccccc1. The molecule has 8 heteroatoms. The Kier molecular flexibility index (Phi) is 11.2. The van der Waals surface area contributed by atoms with E-state index in [2.05, 4.69) is 16.3 Å². The number of benzene rings is 4. The van der Waals surface area contributed by atoms with Crippen molar-refractivity contribution in [2.45, 2.75) is 13.3 Å². The summed E-state index contributed by atoms with van der Waals surface area (Å²) in [5.74, 6) is 3.11. The van der Waals surface area contributed by atoms with Gasteiger partial charge in [0.05, 0.1) is 0 Å². The minimum Gasteiger partial charge on any atom is -0.427 e. The fraction of sp³-hybridized carbons (Fsp3) is 0.200. The lowest BCUT2D eigenvalue weighted by Gasteiger charge is -2.32. The summed E-state index contributed by atoms with van der Waals surface area (Å²) in [4.78, 5) is 0. The van der Waals surface area contributed by atoms with E-state index in [9.17, 15) is 0 Å². The Morgan fingerprint density at radius 2 is 0.816 bits per heavy atom. The first-order valence-electron chi connectivity index (χ1n) is 12.7. The third-order valence-electron chi connectivity index (χ3n) is 5.38. The van der Waals surface area contributed by atoms with Gasteiger partial charge < -0.3 is 18.1 Å². The largest absolute Gasteiger partial charge is 0.427 e.